The van der Waals surface area contributed by atoms with E-state index in [0.717, 1.165) is 36.7 Å². The summed E-state index contributed by atoms with van der Waals surface area (Å²) < 4.78 is 41.9. The molecule has 1 saturated carbocycles. The summed E-state index contributed by atoms with van der Waals surface area (Å²) in [5, 5.41) is 10.9. The average Bonchev–Trinajstić information content (AvgIpc) is 3.21. The number of alkyl halides is 3. The van der Waals surface area contributed by atoms with Crippen molar-refractivity contribution in [3.63, 3.8) is 0 Å². The van der Waals surface area contributed by atoms with Crippen LogP contribution in [0.1, 0.15) is 67.7 Å². The normalized spacial score (nSPS) is 15.8. The van der Waals surface area contributed by atoms with Crippen molar-refractivity contribution in [2.45, 2.75) is 71.3 Å². The van der Waals surface area contributed by atoms with Gasteiger partial charge in [-0.2, -0.15) is 23.4 Å². The predicted octanol–water partition coefficient (Wildman–Crippen LogP) is 3.57. The molecule has 1 aliphatic carbocycles. The van der Waals surface area contributed by atoms with Crippen LogP contribution in [0.15, 0.2) is 12.3 Å². The highest BCUT2D eigenvalue weighted by Gasteiger charge is 2.37. The minimum atomic E-state index is -4.47. The summed E-state index contributed by atoms with van der Waals surface area (Å²) in [4.78, 5) is 12.3. The lowest BCUT2D eigenvalue weighted by molar-refractivity contribution is -0.141. The van der Waals surface area contributed by atoms with E-state index in [1.54, 1.807) is 4.68 Å². The van der Waals surface area contributed by atoms with E-state index in [1.165, 1.54) is 4.68 Å². The Morgan fingerprint density at radius 2 is 2.07 bits per heavy atom. The van der Waals surface area contributed by atoms with Gasteiger partial charge in [-0.1, -0.05) is 0 Å². The van der Waals surface area contributed by atoms with Crippen molar-refractivity contribution >= 4 is 5.91 Å². The lowest BCUT2D eigenvalue weighted by atomic mass is 10.1. The fourth-order valence-corrected chi connectivity index (χ4v) is 3.18. The van der Waals surface area contributed by atoms with E-state index in [-0.39, 0.29) is 30.8 Å². The van der Waals surface area contributed by atoms with E-state index in [0.29, 0.717) is 5.69 Å². The second-order valence-electron chi connectivity index (χ2n) is 7.01. The maximum atomic E-state index is 12.9. The molecule has 0 spiro atoms. The molecule has 1 unspecified atom stereocenters. The Labute approximate surface area is 155 Å². The summed E-state index contributed by atoms with van der Waals surface area (Å²) >= 11 is 0. The quantitative estimate of drug-likeness (QED) is 0.795. The van der Waals surface area contributed by atoms with Gasteiger partial charge in [0.05, 0.1) is 11.7 Å². The van der Waals surface area contributed by atoms with Crippen molar-refractivity contribution in [3.05, 3.63) is 34.9 Å². The standard InChI is InChI=1S/C18H24F3N5O/c1-4-25-10-14(12(3)23-25)11(2)22-17(27)7-8-26-15(13-5-6-13)9-16(24-26)18(19,20)21/h9-11,13H,4-8H2,1-3H3,(H,22,27). The molecule has 0 aromatic carbocycles. The van der Waals surface area contributed by atoms with Gasteiger partial charge in [-0.3, -0.25) is 14.2 Å². The first-order chi connectivity index (χ1) is 12.7. The van der Waals surface area contributed by atoms with Crippen LogP contribution in [0.3, 0.4) is 0 Å². The number of nitrogens with zero attached hydrogens (tertiary/aromatic N) is 4. The highest BCUT2D eigenvalue weighted by atomic mass is 19.4. The van der Waals surface area contributed by atoms with Crippen LogP contribution in [-0.4, -0.2) is 25.5 Å². The number of hydrogen-bond donors (Lipinski definition) is 1. The molecule has 3 rings (SSSR count). The van der Waals surface area contributed by atoms with Crippen molar-refractivity contribution in [1.82, 2.24) is 24.9 Å². The van der Waals surface area contributed by atoms with Crippen LogP contribution in [0, 0.1) is 6.92 Å². The molecular formula is C18H24F3N5O. The molecule has 9 heteroatoms. The van der Waals surface area contributed by atoms with Crippen LogP contribution in [0.4, 0.5) is 13.2 Å². The zero-order valence-corrected chi connectivity index (χ0v) is 15.7. The van der Waals surface area contributed by atoms with Crippen molar-refractivity contribution in [2.24, 2.45) is 0 Å². The summed E-state index contributed by atoms with van der Waals surface area (Å²) in [5.74, 6) is -0.102. The zero-order valence-electron chi connectivity index (χ0n) is 15.7. The molecular weight excluding hydrogens is 359 g/mol. The van der Waals surface area contributed by atoms with Crippen LogP contribution in [0.5, 0.6) is 0 Å². The Balaban J connectivity index is 1.62. The van der Waals surface area contributed by atoms with Crippen molar-refractivity contribution < 1.29 is 18.0 Å². The zero-order chi connectivity index (χ0) is 19.8. The third-order valence-corrected chi connectivity index (χ3v) is 4.80. The predicted molar refractivity (Wildman–Crippen MR) is 93.0 cm³/mol. The van der Waals surface area contributed by atoms with Gasteiger partial charge in [-0.15, -0.1) is 0 Å². The minimum Gasteiger partial charge on any atom is -0.349 e. The van der Waals surface area contributed by atoms with E-state index in [9.17, 15) is 18.0 Å². The Morgan fingerprint density at radius 3 is 2.63 bits per heavy atom. The molecule has 0 radical (unpaired) electrons. The summed E-state index contributed by atoms with van der Waals surface area (Å²) in [6.45, 7) is 6.61. The molecule has 6 nitrogen and oxygen atoms in total. The van der Waals surface area contributed by atoms with Gasteiger partial charge in [0, 0.05) is 42.9 Å². The molecule has 2 aromatic heterocycles. The Hall–Kier alpha value is -2.32. The Morgan fingerprint density at radius 1 is 1.37 bits per heavy atom. The second-order valence-corrected chi connectivity index (χ2v) is 7.01. The van der Waals surface area contributed by atoms with E-state index in [2.05, 4.69) is 15.5 Å². The van der Waals surface area contributed by atoms with Crippen LogP contribution < -0.4 is 5.32 Å². The summed E-state index contributed by atoms with van der Waals surface area (Å²) in [7, 11) is 0. The fourth-order valence-electron chi connectivity index (χ4n) is 3.18. The van der Waals surface area contributed by atoms with Crippen LogP contribution in [-0.2, 0) is 24.1 Å². The Bertz CT molecular complexity index is 820. The number of carbonyl (C=O) groups is 1. The SMILES string of the molecule is CCn1cc(C(C)NC(=O)CCn2nc(C(F)(F)F)cc2C2CC2)c(C)n1. The first-order valence-corrected chi connectivity index (χ1v) is 9.17. The first kappa shape index (κ1) is 19.4. The summed E-state index contributed by atoms with van der Waals surface area (Å²) in [6.07, 6.45) is -0.763. The van der Waals surface area contributed by atoms with Crippen molar-refractivity contribution in [2.75, 3.05) is 0 Å². The molecule has 1 amide bonds. The number of carbonyl (C=O) groups excluding carboxylic acids is 1. The molecule has 0 saturated heterocycles. The first-order valence-electron chi connectivity index (χ1n) is 9.17. The second kappa shape index (κ2) is 7.36. The monoisotopic (exact) mass is 383 g/mol. The van der Waals surface area contributed by atoms with Gasteiger partial charge < -0.3 is 5.32 Å². The molecule has 1 atom stereocenters. The molecule has 148 valence electrons. The highest BCUT2D eigenvalue weighted by Crippen LogP contribution is 2.42. The van der Waals surface area contributed by atoms with Crippen molar-refractivity contribution in [3.8, 4) is 0 Å². The largest absolute Gasteiger partial charge is 0.435 e. The van der Waals surface area contributed by atoms with Crippen LogP contribution >= 0.6 is 0 Å². The van der Waals surface area contributed by atoms with E-state index < -0.39 is 11.9 Å². The molecule has 2 heterocycles. The maximum Gasteiger partial charge on any atom is 0.435 e. The van der Waals surface area contributed by atoms with Gasteiger partial charge in [0.2, 0.25) is 5.91 Å². The number of aryl methyl sites for hydroxylation is 3. The molecule has 1 N–H and O–H groups in total. The molecule has 0 aliphatic heterocycles. The number of nitrogens with one attached hydrogen (secondary N) is 1. The minimum absolute atomic E-state index is 0.0734. The summed E-state index contributed by atoms with van der Waals surface area (Å²) in [6, 6.07) is 0.893. The third-order valence-electron chi connectivity index (χ3n) is 4.80. The van der Waals surface area contributed by atoms with Gasteiger partial charge in [0.1, 0.15) is 0 Å². The van der Waals surface area contributed by atoms with E-state index in [4.69, 9.17) is 0 Å². The van der Waals surface area contributed by atoms with Gasteiger partial charge >= 0.3 is 6.18 Å². The number of halogens is 3. The average molecular weight is 383 g/mol. The topological polar surface area (TPSA) is 64.7 Å². The van der Waals surface area contributed by atoms with E-state index in [1.807, 2.05) is 27.0 Å². The Kier molecular flexibility index (Phi) is 5.30. The molecule has 0 bridgehead atoms. The number of hydrogen-bond acceptors (Lipinski definition) is 3. The molecule has 27 heavy (non-hydrogen) atoms. The molecule has 1 aliphatic rings. The number of rotatable bonds is 7. The van der Waals surface area contributed by atoms with E-state index >= 15 is 0 Å². The summed E-state index contributed by atoms with van der Waals surface area (Å²) in [5.41, 5.74) is 1.47. The maximum absolute atomic E-state index is 12.9. The van der Waals surface area contributed by atoms with Crippen LogP contribution in [0.2, 0.25) is 0 Å². The highest BCUT2D eigenvalue weighted by molar-refractivity contribution is 5.76. The lowest BCUT2D eigenvalue weighted by Gasteiger charge is -2.14. The van der Waals surface area contributed by atoms with Gasteiger partial charge in [-0.05, 0) is 39.7 Å². The molecule has 2 aromatic rings. The van der Waals surface area contributed by atoms with Crippen molar-refractivity contribution in [1.29, 1.82) is 0 Å². The number of amides is 1. The fraction of sp³-hybridized carbons (Fsp3) is 0.611. The lowest BCUT2D eigenvalue weighted by Crippen LogP contribution is -2.28. The van der Waals surface area contributed by atoms with Gasteiger partial charge in [0.15, 0.2) is 5.69 Å². The smallest absolute Gasteiger partial charge is 0.349 e. The van der Waals surface area contributed by atoms with Gasteiger partial charge in [-0.25, -0.2) is 0 Å². The van der Waals surface area contributed by atoms with Gasteiger partial charge in [0.25, 0.3) is 0 Å². The van der Waals surface area contributed by atoms with Crippen LogP contribution in [0.25, 0.3) is 0 Å². The third kappa shape index (κ3) is 4.51. The molecule has 1 fully saturated rings. The number of aromatic nitrogens is 4.